The summed E-state index contributed by atoms with van der Waals surface area (Å²) >= 11 is 0. The van der Waals surface area contributed by atoms with Gasteiger partial charge < -0.3 is 22.1 Å². The van der Waals surface area contributed by atoms with Crippen LogP contribution in [0.5, 0.6) is 0 Å². The van der Waals surface area contributed by atoms with Crippen molar-refractivity contribution in [2.24, 2.45) is 22.7 Å². The number of hydrogen-bond acceptors (Lipinski definition) is 5. The third-order valence-electron chi connectivity index (χ3n) is 6.66. The molecule has 0 rings (SSSR count). The van der Waals surface area contributed by atoms with Gasteiger partial charge in [0, 0.05) is 33.0 Å². The average Bonchev–Trinajstić information content (AvgIpc) is 2.60. The summed E-state index contributed by atoms with van der Waals surface area (Å²) in [4.78, 5) is 0. The van der Waals surface area contributed by atoms with Gasteiger partial charge >= 0.3 is 17.1 Å². The predicted octanol–water partition coefficient (Wildman–Crippen LogP) is 7.82. The molecule has 5 nitrogen and oxygen atoms in total. The van der Waals surface area contributed by atoms with E-state index in [1.165, 1.54) is 0 Å². The Morgan fingerprint density at radius 2 is 1.03 bits per heavy atom. The molecule has 0 bridgehead atoms. The van der Waals surface area contributed by atoms with Crippen LogP contribution < -0.4 is 0 Å². The summed E-state index contributed by atoms with van der Waals surface area (Å²) in [5.74, 6) is 1.09. The first-order valence-electron chi connectivity index (χ1n) is 13.4. The Morgan fingerprint density at radius 3 is 1.47 bits per heavy atom. The molecular weight excluding hydrogens is 477 g/mol. The highest BCUT2D eigenvalue weighted by atomic mass is 28.5. The second-order valence-corrected chi connectivity index (χ2v) is 25.3. The zero-order valence-corrected chi connectivity index (χ0v) is 28.4. The summed E-state index contributed by atoms with van der Waals surface area (Å²) in [6, 6.07) is 1.09. The van der Waals surface area contributed by atoms with E-state index in [-0.39, 0.29) is 5.41 Å². The topological polar surface area (TPSA) is 46.2 Å². The number of rotatable bonds is 17. The lowest BCUT2D eigenvalue weighted by Gasteiger charge is -2.38. The lowest BCUT2D eigenvalue weighted by molar-refractivity contribution is 0.0557. The molecule has 0 aliphatic heterocycles. The molecule has 0 amide bonds. The minimum absolute atomic E-state index is 0.282. The zero-order chi connectivity index (χ0) is 26.8. The molecule has 2 atom stereocenters. The quantitative estimate of drug-likeness (QED) is 0.140. The molecule has 0 aromatic rings. The van der Waals surface area contributed by atoms with Gasteiger partial charge in [0.15, 0.2) is 8.32 Å². The third kappa shape index (κ3) is 17.0. The average molecular weight is 537 g/mol. The van der Waals surface area contributed by atoms with Crippen molar-refractivity contribution < 1.29 is 22.1 Å². The van der Waals surface area contributed by atoms with E-state index < -0.39 is 25.4 Å². The maximum absolute atomic E-state index is 6.68. The normalized spacial score (nSPS) is 16.1. The predicted molar refractivity (Wildman–Crippen MR) is 153 cm³/mol. The van der Waals surface area contributed by atoms with E-state index in [0.717, 1.165) is 45.3 Å². The highest BCUT2D eigenvalue weighted by Gasteiger charge is 2.40. The van der Waals surface area contributed by atoms with Gasteiger partial charge in [0.1, 0.15) is 0 Å². The van der Waals surface area contributed by atoms with Crippen LogP contribution in [0.4, 0.5) is 0 Å². The van der Waals surface area contributed by atoms with Gasteiger partial charge in [-0.3, -0.25) is 0 Å². The van der Waals surface area contributed by atoms with Crippen LogP contribution in [0, 0.1) is 22.7 Å². The van der Waals surface area contributed by atoms with Crippen LogP contribution in [0.3, 0.4) is 0 Å². The summed E-state index contributed by atoms with van der Waals surface area (Å²) in [5.41, 5.74) is 0.575. The van der Waals surface area contributed by atoms with E-state index in [1.807, 2.05) is 0 Å². The monoisotopic (exact) mass is 536 g/mol. The maximum atomic E-state index is 6.68. The molecule has 0 radical (unpaired) electrons. The largest absolute Gasteiger partial charge is 0.436 e. The molecule has 0 aliphatic rings. The van der Waals surface area contributed by atoms with Crippen molar-refractivity contribution in [2.75, 3.05) is 33.0 Å². The van der Waals surface area contributed by atoms with Crippen molar-refractivity contribution in [1.29, 1.82) is 0 Å². The standard InChI is InChI=1S/C26H60O5Si3/c1-23(25(3,4)5)21-27-17-15-19-29-33(11,12)31-34(13,14)30-32(9,10)20-16-18-28-22-24(2)26(6,7)8/h23-24H,15-22H2,1-14H3. The van der Waals surface area contributed by atoms with Crippen molar-refractivity contribution in [3.05, 3.63) is 0 Å². The van der Waals surface area contributed by atoms with E-state index in [2.05, 4.69) is 94.7 Å². The lowest BCUT2D eigenvalue weighted by Crippen LogP contribution is -2.53. The Balaban J connectivity index is 4.28. The molecule has 0 saturated carbocycles. The van der Waals surface area contributed by atoms with Crippen LogP contribution in [0.25, 0.3) is 0 Å². The summed E-state index contributed by atoms with van der Waals surface area (Å²) in [5, 5.41) is 0. The van der Waals surface area contributed by atoms with E-state index in [4.69, 9.17) is 22.1 Å². The van der Waals surface area contributed by atoms with Crippen LogP contribution >= 0.6 is 0 Å². The van der Waals surface area contributed by atoms with Gasteiger partial charge in [0.2, 0.25) is 0 Å². The van der Waals surface area contributed by atoms with E-state index in [0.29, 0.717) is 23.9 Å². The van der Waals surface area contributed by atoms with Crippen LogP contribution in [-0.2, 0) is 22.1 Å². The fourth-order valence-corrected chi connectivity index (χ4v) is 16.3. The molecule has 0 aromatic heterocycles. The SMILES string of the molecule is CC(COCCCO[Si](C)(C)O[Si](C)(C)O[Si](C)(C)CCCOCC(C)C(C)(C)C)C(C)(C)C. The molecule has 206 valence electrons. The Morgan fingerprint density at radius 1 is 0.588 bits per heavy atom. The van der Waals surface area contributed by atoms with Crippen LogP contribution in [-0.4, -0.2) is 58.5 Å². The smallest absolute Gasteiger partial charge is 0.322 e. The van der Waals surface area contributed by atoms with Gasteiger partial charge in [-0.05, 0) is 80.8 Å². The van der Waals surface area contributed by atoms with Gasteiger partial charge in [-0.25, -0.2) is 0 Å². The van der Waals surface area contributed by atoms with Crippen molar-refractivity contribution in [1.82, 2.24) is 0 Å². The summed E-state index contributed by atoms with van der Waals surface area (Å²) in [6.45, 7) is 35.2. The summed E-state index contributed by atoms with van der Waals surface area (Å²) < 4.78 is 31.2. The first kappa shape index (κ1) is 34.5. The Bertz CT molecular complexity index is 554. The minimum Gasteiger partial charge on any atom is -0.436 e. The van der Waals surface area contributed by atoms with Gasteiger partial charge in [-0.15, -0.1) is 0 Å². The fourth-order valence-electron chi connectivity index (χ4n) is 3.46. The summed E-state index contributed by atoms with van der Waals surface area (Å²) in [7, 11) is -6.34. The minimum atomic E-state index is -2.27. The Labute approximate surface area is 216 Å². The molecule has 0 N–H and O–H groups in total. The van der Waals surface area contributed by atoms with E-state index in [9.17, 15) is 0 Å². The highest BCUT2D eigenvalue weighted by molar-refractivity contribution is 6.86. The molecule has 34 heavy (non-hydrogen) atoms. The zero-order valence-electron chi connectivity index (χ0n) is 25.4. The Hall–Kier alpha value is 0.451. The first-order chi connectivity index (χ1) is 15.2. The van der Waals surface area contributed by atoms with Gasteiger partial charge in [0.25, 0.3) is 0 Å². The molecule has 2 unspecified atom stereocenters. The lowest BCUT2D eigenvalue weighted by atomic mass is 9.83. The third-order valence-corrected chi connectivity index (χ3v) is 17.2. The first-order valence-corrected chi connectivity index (χ1v) is 22.1. The Kier molecular flexibility index (Phi) is 14.6. The van der Waals surface area contributed by atoms with Gasteiger partial charge in [-0.1, -0.05) is 55.4 Å². The molecule has 0 fully saturated rings. The molecule has 0 aliphatic carbocycles. The molecular formula is C26H60O5Si3. The second kappa shape index (κ2) is 14.4. The van der Waals surface area contributed by atoms with Crippen LogP contribution in [0.15, 0.2) is 0 Å². The van der Waals surface area contributed by atoms with Crippen LogP contribution in [0.2, 0.25) is 45.3 Å². The molecule has 0 saturated heterocycles. The maximum Gasteiger partial charge on any atom is 0.322 e. The summed E-state index contributed by atoms with van der Waals surface area (Å²) in [6.07, 6.45) is 1.94. The van der Waals surface area contributed by atoms with E-state index >= 15 is 0 Å². The van der Waals surface area contributed by atoms with E-state index in [1.54, 1.807) is 0 Å². The van der Waals surface area contributed by atoms with Crippen molar-refractivity contribution in [2.45, 2.75) is 114 Å². The molecule has 0 heterocycles. The van der Waals surface area contributed by atoms with Gasteiger partial charge in [-0.2, -0.15) is 0 Å². The van der Waals surface area contributed by atoms with Gasteiger partial charge in [0.05, 0.1) is 0 Å². The fraction of sp³-hybridized carbons (Fsp3) is 1.00. The van der Waals surface area contributed by atoms with Crippen molar-refractivity contribution >= 4 is 25.4 Å². The second-order valence-electron chi connectivity index (χ2n) is 13.8. The van der Waals surface area contributed by atoms with Crippen molar-refractivity contribution in [3.8, 4) is 0 Å². The molecule has 8 heteroatoms. The molecule has 0 aromatic carbocycles. The number of ether oxygens (including phenoxy) is 2. The highest BCUT2D eigenvalue weighted by Crippen LogP contribution is 2.27. The van der Waals surface area contributed by atoms with Crippen LogP contribution in [0.1, 0.15) is 68.2 Å². The molecule has 0 spiro atoms. The number of hydrogen-bond donors (Lipinski definition) is 0. The van der Waals surface area contributed by atoms with Crippen molar-refractivity contribution in [3.63, 3.8) is 0 Å².